The first kappa shape index (κ1) is 26.5. The fraction of sp³-hybridized carbons (Fsp3) is 0.464. The fourth-order valence-corrected chi connectivity index (χ4v) is 4.61. The van der Waals surface area contributed by atoms with Crippen molar-refractivity contribution in [3.8, 4) is 11.5 Å². The predicted molar refractivity (Wildman–Crippen MR) is 139 cm³/mol. The topological polar surface area (TPSA) is 106 Å². The van der Waals surface area contributed by atoms with E-state index < -0.39 is 0 Å². The van der Waals surface area contributed by atoms with E-state index in [0.717, 1.165) is 11.3 Å². The second-order valence-electron chi connectivity index (χ2n) is 9.85. The lowest BCUT2D eigenvalue weighted by atomic mass is 9.94. The summed E-state index contributed by atoms with van der Waals surface area (Å²) in [5.41, 5.74) is 1.95. The third kappa shape index (κ3) is 6.40. The molecule has 1 saturated heterocycles. The van der Waals surface area contributed by atoms with Gasteiger partial charge in [0.25, 0.3) is 5.91 Å². The average Bonchev–Trinajstić information content (AvgIpc) is 2.90. The highest BCUT2D eigenvalue weighted by molar-refractivity contribution is 6.00. The van der Waals surface area contributed by atoms with Gasteiger partial charge in [0.1, 0.15) is 24.2 Å². The van der Waals surface area contributed by atoms with E-state index in [9.17, 15) is 14.4 Å². The number of fused-ring (bicyclic) bond motifs is 2. The van der Waals surface area contributed by atoms with Gasteiger partial charge in [-0.1, -0.05) is 26.0 Å². The molecule has 2 aliphatic heterocycles. The second-order valence-corrected chi connectivity index (χ2v) is 9.85. The van der Waals surface area contributed by atoms with Crippen molar-refractivity contribution in [1.29, 1.82) is 0 Å². The summed E-state index contributed by atoms with van der Waals surface area (Å²) in [6.07, 6.45) is 0.997. The van der Waals surface area contributed by atoms with Crippen LogP contribution in [0.1, 0.15) is 49.0 Å². The molecule has 2 N–H and O–H groups in total. The lowest BCUT2D eigenvalue weighted by Gasteiger charge is -2.42. The van der Waals surface area contributed by atoms with Gasteiger partial charge >= 0.3 is 0 Å². The van der Waals surface area contributed by atoms with Crippen LogP contribution in [0.15, 0.2) is 42.5 Å². The lowest BCUT2D eigenvalue weighted by molar-refractivity contribution is -0.134. The summed E-state index contributed by atoms with van der Waals surface area (Å²) >= 11 is 0. The molecule has 3 amide bonds. The molecular weight excluding hydrogens is 474 g/mol. The van der Waals surface area contributed by atoms with E-state index in [2.05, 4.69) is 10.6 Å². The number of methoxy groups -OCH3 is 1. The van der Waals surface area contributed by atoms with Gasteiger partial charge in [-0.2, -0.15) is 0 Å². The van der Waals surface area contributed by atoms with E-state index in [4.69, 9.17) is 14.2 Å². The molecule has 0 spiro atoms. The number of rotatable bonds is 7. The number of carbonyl (C=O) groups excluding carboxylic acids is 3. The van der Waals surface area contributed by atoms with E-state index in [1.807, 2.05) is 38.1 Å². The average molecular weight is 510 g/mol. The third-order valence-electron chi connectivity index (χ3n) is 6.87. The zero-order valence-electron chi connectivity index (χ0n) is 21.8. The minimum absolute atomic E-state index is 0.0863. The van der Waals surface area contributed by atoms with Crippen LogP contribution in [0, 0.1) is 5.92 Å². The number of ether oxygens (including phenoxy) is 3. The molecule has 0 unspecified atom stereocenters. The van der Waals surface area contributed by atoms with E-state index in [-0.39, 0.29) is 54.9 Å². The summed E-state index contributed by atoms with van der Waals surface area (Å²) in [6, 6.07) is 12.5. The molecule has 0 saturated carbocycles. The zero-order chi connectivity index (χ0) is 26.5. The first-order valence-electron chi connectivity index (χ1n) is 12.6. The van der Waals surface area contributed by atoms with Gasteiger partial charge < -0.3 is 29.7 Å². The van der Waals surface area contributed by atoms with Crippen LogP contribution in [0.25, 0.3) is 0 Å². The van der Waals surface area contributed by atoms with E-state index in [1.165, 1.54) is 0 Å². The number of nitrogens with one attached hydrogen (secondary N) is 2. The number of amides is 3. The van der Waals surface area contributed by atoms with Crippen molar-refractivity contribution in [2.75, 3.05) is 26.1 Å². The Morgan fingerprint density at radius 3 is 2.59 bits per heavy atom. The van der Waals surface area contributed by atoms with Crippen molar-refractivity contribution in [1.82, 2.24) is 10.2 Å². The summed E-state index contributed by atoms with van der Waals surface area (Å²) in [6.45, 7) is 4.31. The van der Waals surface area contributed by atoms with Crippen LogP contribution in [0.3, 0.4) is 0 Å². The van der Waals surface area contributed by atoms with Crippen LogP contribution >= 0.6 is 0 Å². The van der Waals surface area contributed by atoms with Crippen LogP contribution in [-0.2, 0) is 20.9 Å². The Kier molecular flexibility index (Phi) is 8.33. The van der Waals surface area contributed by atoms with Crippen LogP contribution < -0.4 is 20.1 Å². The number of benzene rings is 2. The molecule has 0 aliphatic carbocycles. The highest BCUT2D eigenvalue weighted by Crippen LogP contribution is 2.32. The maximum Gasteiger partial charge on any atom is 0.257 e. The van der Waals surface area contributed by atoms with Gasteiger partial charge in [-0.25, -0.2) is 0 Å². The Labute approximate surface area is 217 Å². The Bertz CT molecular complexity index is 1130. The van der Waals surface area contributed by atoms with Crippen molar-refractivity contribution in [3.05, 3.63) is 53.6 Å². The molecule has 0 radical (unpaired) electrons. The SMILES string of the molecule is COc1ccc(CNC(=O)C[C@H]2CC[C@@H]3[C@H](COc4ccc(NC(=O)C(C)C)cc4C(=O)N3C)O2)cc1. The molecule has 2 aromatic rings. The monoisotopic (exact) mass is 509 g/mol. The van der Waals surface area contributed by atoms with E-state index >= 15 is 0 Å². The molecule has 37 heavy (non-hydrogen) atoms. The smallest absolute Gasteiger partial charge is 0.257 e. The Morgan fingerprint density at radius 1 is 1.14 bits per heavy atom. The van der Waals surface area contributed by atoms with E-state index in [1.54, 1.807) is 37.3 Å². The largest absolute Gasteiger partial charge is 0.497 e. The molecular formula is C28H35N3O6. The summed E-state index contributed by atoms with van der Waals surface area (Å²) < 4.78 is 17.4. The first-order chi connectivity index (χ1) is 17.7. The maximum absolute atomic E-state index is 13.3. The van der Waals surface area contributed by atoms with Crippen molar-refractivity contribution in [3.63, 3.8) is 0 Å². The summed E-state index contributed by atoms with van der Waals surface area (Å²) in [7, 11) is 3.38. The van der Waals surface area contributed by atoms with Gasteiger partial charge in [-0.05, 0) is 48.7 Å². The molecule has 0 aromatic heterocycles. The van der Waals surface area contributed by atoms with Crippen molar-refractivity contribution in [2.45, 2.75) is 57.9 Å². The molecule has 9 nitrogen and oxygen atoms in total. The Hall–Kier alpha value is -3.59. The number of hydrogen-bond acceptors (Lipinski definition) is 6. The highest BCUT2D eigenvalue weighted by atomic mass is 16.5. The molecule has 2 aromatic carbocycles. The highest BCUT2D eigenvalue weighted by Gasteiger charge is 2.39. The molecule has 2 aliphatic rings. The standard InChI is InChI=1S/C28H35N3O6/c1-17(2)27(33)30-19-7-12-24-22(13-19)28(34)31(3)23-11-10-21(37-25(23)16-36-24)14-26(32)29-15-18-5-8-20(35-4)9-6-18/h5-9,12-13,17,21,23,25H,10-11,14-16H2,1-4H3,(H,29,32)(H,30,33)/t21-,23-,25+/m1/s1. The lowest BCUT2D eigenvalue weighted by Crippen LogP contribution is -2.53. The van der Waals surface area contributed by atoms with Crippen molar-refractivity contribution in [2.24, 2.45) is 5.92 Å². The molecule has 3 atom stereocenters. The molecule has 2 heterocycles. The number of anilines is 1. The maximum atomic E-state index is 13.3. The quantitative estimate of drug-likeness (QED) is 0.593. The molecule has 4 rings (SSSR count). The van der Waals surface area contributed by atoms with Crippen molar-refractivity contribution < 1.29 is 28.6 Å². The van der Waals surface area contributed by atoms with Gasteiger partial charge in [0.2, 0.25) is 11.8 Å². The first-order valence-corrected chi connectivity index (χ1v) is 12.6. The van der Waals surface area contributed by atoms with Gasteiger partial charge in [0.15, 0.2) is 0 Å². The van der Waals surface area contributed by atoms with Gasteiger partial charge in [0, 0.05) is 25.2 Å². The zero-order valence-corrected chi connectivity index (χ0v) is 21.8. The minimum atomic E-state index is -0.351. The second kappa shape index (κ2) is 11.6. The summed E-state index contributed by atoms with van der Waals surface area (Å²) in [5.74, 6) is 0.648. The summed E-state index contributed by atoms with van der Waals surface area (Å²) in [5, 5.41) is 5.78. The third-order valence-corrected chi connectivity index (χ3v) is 6.87. The Morgan fingerprint density at radius 2 is 1.89 bits per heavy atom. The van der Waals surface area contributed by atoms with Gasteiger partial charge in [0.05, 0.1) is 31.2 Å². The van der Waals surface area contributed by atoms with Crippen LogP contribution in [-0.4, -0.2) is 61.6 Å². The van der Waals surface area contributed by atoms with Gasteiger partial charge in [-0.15, -0.1) is 0 Å². The number of carbonyl (C=O) groups is 3. The van der Waals surface area contributed by atoms with Gasteiger partial charge in [-0.3, -0.25) is 14.4 Å². The summed E-state index contributed by atoms with van der Waals surface area (Å²) in [4.78, 5) is 39.7. The van der Waals surface area contributed by atoms with Crippen molar-refractivity contribution >= 4 is 23.4 Å². The number of hydrogen-bond donors (Lipinski definition) is 2. The minimum Gasteiger partial charge on any atom is -0.497 e. The number of nitrogens with zero attached hydrogens (tertiary/aromatic N) is 1. The normalized spacial score (nSPS) is 21.2. The van der Waals surface area contributed by atoms with Crippen LogP contribution in [0.4, 0.5) is 5.69 Å². The van der Waals surface area contributed by atoms with Crippen LogP contribution in [0.5, 0.6) is 11.5 Å². The fourth-order valence-electron chi connectivity index (χ4n) is 4.61. The number of likely N-dealkylation sites (N-methyl/N-ethyl adjacent to an activating group) is 1. The molecule has 9 heteroatoms. The van der Waals surface area contributed by atoms with E-state index in [0.29, 0.717) is 36.4 Å². The van der Waals surface area contributed by atoms with Crippen LogP contribution in [0.2, 0.25) is 0 Å². The molecule has 1 fully saturated rings. The Balaban J connectivity index is 1.36. The predicted octanol–water partition coefficient (Wildman–Crippen LogP) is 3.38. The molecule has 198 valence electrons. The molecule has 0 bridgehead atoms.